The number of aliphatic carboxylic acids is 1. The highest BCUT2D eigenvalue weighted by Gasteiger charge is 2.17. The number of halogens is 1. The molecular formula is C10H10BrNO2. The minimum absolute atomic E-state index is 0.687. The van der Waals surface area contributed by atoms with Crippen LogP contribution < -0.4 is 5.32 Å². The number of carbonyl (C=O) groups is 1. The topological polar surface area (TPSA) is 49.3 Å². The summed E-state index contributed by atoms with van der Waals surface area (Å²) in [5, 5.41) is 11.6. The highest BCUT2D eigenvalue weighted by Crippen LogP contribution is 2.18. The van der Waals surface area contributed by atoms with Gasteiger partial charge in [0.1, 0.15) is 6.04 Å². The Morgan fingerprint density at radius 3 is 2.86 bits per heavy atom. The highest BCUT2D eigenvalue weighted by molar-refractivity contribution is 9.10. The van der Waals surface area contributed by atoms with Gasteiger partial charge in [0.05, 0.1) is 0 Å². The van der Waals surface area contributed by atoms with Crippen molar-refractivity contribution >= 4 is 21.9 Å². The number of hydrogen-bond acceptors (Lipinski definition) is 2. The molecule has 0 fully saturated rings. The van der Waals surface area contributed by atoms with Gasteiger partial charge in [0.25, 0.3) is 0 Å². The molecule has 0 aliphatic carbocycles. The predicted molar refractivity (Wildman–Crippen MR) is 57.9 cm³/mol. The van der Waals surface area contributed by atoms with E-state index in [0.29, 0.717) is 5.56 Å². The van der Waals surface area contributed by atoms with E-state index in [1.165, 1.54) is 6.20 Å². The zero-order valence-electron chi connectivity index (χ0n) is 7.40. The van der Waals surface area contributed by atoms with Gasteiger partial charge in [-0.05, 0) is 23.9 Å². The quantitative estimate of drug-likeness (QED) is 0.869. The highest BCUT2D eigenvalue weighted by atomic mass is 79.9. The van der Waals surface area contributed by atoms with Gasteiger partial charge < -0.3 is 10.4 Å². The van der Waals surface area contributed by atoms with E-state index in [0.717, 1.165) is 4.47 Å². The van der Waals surface area contributed by atoms with Crippen molar-refractivity contribution in [2.75, 3.05) is 0 Å². The van der Waals surface area contributed by atoms with Crippen LogP contribution in [0, 0.1) is 0 Å². The molecule has 4 heteroatoms. The second-order valence-corrected chi connectivity index (χ2v) is 3.61. The lowest BCUT2D eigenvalue weighted by Gasteiger charge is -2.12. The Morgan fingerprint density at radius 2 is 2.36 bits per heavy atom. The van der Waals surface area contributed by atoms with E-state index in [4.69, 9.17) is 5.11 Å². The van der Waals surface area contributed by atoms with E-state index in [-0.39, 0.29) is 0 Å². The summed E-state index contributed by atoms with van der Waals surface area (Å²) < 4.78 is 0.854. The molecule has 1 rings (SSSR count). The van der Waals surface area contributed by atoms with Crippen LogP contribution in [0.25, 0.3) is 0 Å². The lowest BCUT2D eigenvalue weighted by molar-refractivity contribution is -0.139. The van der Waals surface area contributed by atoms with Gasteiger partial charge in [0.2, 0.25) is 0 Å². The smallest absolute Gasteiger partial charge is 0.330 e. The lowest BCUT2D eigenvalue weighted by Crippen LogP contribution is -2.23. The number of nitrogens with one attached hydrogen (secondary N) is 1. The Kier molecular flexibility index (Phi) is 3.71. The molecule has 0 saturated carbocycles. The van der Waals surface area contributed by atoms with Crippen LogP contribution in [0.1, 0.15) is 11.6 Å². The minimum atomic E-state index is -0.928. The number of carboxylic acid groups (broad SMARTS) is 1. The normalized spacial score (nSPS) is 11.8. The number of carboxylic acids is 1. The minimum Gasteiger partial charge on any atom is -0.479 e. The average Bonchev–Trinajstić information content (AvgIpc) is 2.13. The first kappa shape index (κ1) is 10.8. The average molecular weight is 256 g/mol. The molecule has 74 valence electrons. The number of rotatable bonds is 4. The maximum atomic E-state index is 10.9. The Bertz CT molecular complexity index is 352. The van der Waals surface area contributed by atoms with Crippen molar-refractivity contribution in [2.45, 2.75) is 6.04 Å². The Labute approximate surface area is 90.6 Å². The maximum Gasteiger partial charge on any atom is 0.330 e. The third-order valence-corrected chi connectivity index (χ3v) is 2.21. The van der Waals surface area contributed by atoms with Crippen LogP contribution in [-0.4, -0.2) is 11.1 Å². The van der Waals surface area contributed by atoms with E-state index in [1.807, 2.05) is 6.07 Å². The molecule has 14 heavy (non-hydrogen) atoms. The van der Waals surface area contributed by atoms with E-state index >= 15 is 0 Å². The first-order chi connectivity index (χ1) is 6.65. The van der Waals surface area contributed by atoms with Gasteiger partial charge in [-0.3, -0.25) is 0 Å². The van der Waals surface area contributed by atoms with E-state index < -0.39 is 12.0 Å². The van der Waals surface area contributed by atoms with Crippen molar-refractivity contribution in [3.8, 4) is 0 Å². The van der Waals surface area contributed by atoms with Crippen molar-refractivity contribution in [1.29, 1.82) is 0 Å². The van der Waals surface area contributed by atoms with Crippen LogP contribution in [0.4, 0.5) is 0 Å². The van der Waals surface area contributed by atoms with Crippen molar-refractivity contribution in [2.24, 2.45) is 0 Å². The second-order valence-electron chi connectivity index (χ2n) is 2.70. The van der Waals surface area contributed by atoms with Gasteiger partial charge in [-0.2, -0.15) is 0 Å². The lowest BCUT2D eigenvalue weighted by atomic mass is 10.1. The van der Waals surface area contributed by atoms with Gasteiger partial charge in [-0.1, -0.05) is 34.6 Å². The van der Waals surface area contributed by atoms with Crippen molar-refractivity contribution in [3.05, 3.63) is 47.1 Å². The van der Waals surface area contributed by atoms with Crippen LogP contribution in [0.2, 0.25) is 0 Å². The summed E-state index contributed by atoms with van der Waals surface area (Å²) in [5.41, 5.74) is 0.687. The third-order valence-electron chi connectivity index (χ3n) is 1.71. The monoisotopic (exact) mass is 255 g/mol. The largest absolute Gasteiger partial charge is 0.479 e. The molecule has 0 heterocycles. The standard InChI is InChI=1S/C10H10BrNO2/c1-2-12-9(10(13)14)7-4-3-5-8(11)6-7/h2-6,9,12H,1H2,(H,13,14). The first-order valence-electron chi connectivity index (χ1n) is 4.00. The van der Waals surface area contributed by atoms with Crippen LogP contribution >= 0.6 is 15.9 Å². The molecule has 0 aromatic heterocycles. The van der Waals surface area contributed by atoms with E-state index in [2.05, 4.69) is 27.8 Å². The van der Waals surface area contributed by atoms with Crippen LogP contribution in [-0.2, 0) is 4.79 Å². The summed E-state index contributed by atoms with van der Waals surface area (Å²) in [6, 6.07) is 6.40. The molecule has 1 atom stereocenters. The zero-order valence-corrected chi connectivity index (χ0v) is 8.99. The van der Waals surface area contributed by atoms with Gasteiger partial charge in [-0.15, -0.1) is 0 Å². The van der Waals surface area contributed by atoms with Crippen LogP contribution in [0.15, 0.2) is 41.5 Å². The van der Waals surface area contributed by atoms with Crippen molar-refractivity contribution < 1.29 is 9.90 Å². The summed E-state index contributed by atoms with van der Waals surface area (Å²) in [6.07, 6.45) is 1.37. The molecular weight excluding hydrogens is 246 g/mol. The molecule has 3 nitrogen and oxygen atoms in total. The first-order valence-corrected chi connectivity index (χ1v) is 4.79. The van der Waals surface area contributed by atoms with Crippen molar-refractivity contribution in [3.63, 3.8) is 0 Å². The predicted octanol–water partition coefficient (Wildman–Crippen LogP) is 2.31. The number of benzene rings is 1. The summed E-state index contributed by atoms with van der Waals surface area (Å²) in [6.45, 7) is 3.44. The molecule has 1 unspecified atom stereocenters. The molecule has 0 aliphatic heterocycles. The summed E-state index contributed by atoms with van der Waals surface area (Å²) in [7, 11) is 0. The Balaban J connectivity index is 2.98. The molecule has 0 saturated heterocycles. The fraction of sp³-hybridized carbons (Fsp3) is 0.100. The van der Waals surface area contributed by atoms with E-state index in [1.54, 1.807) is 18.2 Å². The SMILES string of the molecule is C=CNC(C(=O)O)c1cccc(Br)c1. The van der Waals surface area contributed by atoms with Crippen molar-refractivity contribution in [1.82, 2.24) is 5.32 Å². The molecule has 1 aromatic rings. The second kappa shape index (κ2) is 4.81. The zero-order chi connectivity index (χ0) is 10.6. The fourth-order valence-electron chi connectivity index (χ4n) is 1.11. The van der Waals surface area contributed by atoms with Gasteiger partial charge in [0.15, 0.2) is 0 Å². The molecule has 0 aliphatic rings. The molecule has 2 N–H and O–H groups in total. The molecule has 0 radical (unpaired) electrons. The van der Waals surface area contributed by atoms with Gasteiger partial charge in [-0.25, -0.2) is 4.79 Å². The van der Waals surface area contributed by atoms with Gasteiger partial charge >= 0.3 is 5.97 Å². The molecule has 1 aromatic carbocycles. The molecule has 0 amide bonds. The summed E-state index contributed by atoms with van der Waals surface area (Å²) in [5.74, 6) is -0.928. The number of hydrogen-bond donors (Lipinski definition) is 2. The Morgan fingerprint density at radius 1 is 1.64 bits per heavy atom. The maximum absolute atomic E-state index is 10.9. The van der Waals surface area contributed by atoms with Crippen LogP contribution in [0.3, 0.4) is 0 Å². The summed E-state index contributed by atoms with van der Waals surface area (Å²) in [4.78, 5) is 10.9. The molecule has 0 spiro atoms. The fourth-order valence-corrected chi connectivity index (χ4v) is 1.53. The van der Waals surface area contributed by atoms with Crippen LogP contribution in [0.5, 0.6) is 0 Å². The third kappa shape index (κ3) is 2.60. The Hall–Kier alpha value is -1.29. The molecule has 0 bridgehead atoms. The summed E-state index contributed by atoms with van der Waals surface area (Å²) >= 11 is 3.28. The van der Waals surface area contributed by atoms with Gasteiger partial charge in [0, 0.05) is 4.47 Å². The van der Waals surface area contributed by atoms with E-state index in [9.17, 15) is 4.79 Å².